The summed E-state index contributed by atoms with van der Waals surface area (Å²) < 4.78 is 21.7. The number of furan rings is 3. The number of hydrogen-bond acceptors (Lipinski definition) is 3. The smallest absolute Gasteiger partial charge is 0.137 e. The fourth-order valence-corrected chi connectivity index (χ4v) is 10.0. The van der Waals surface area contributed by atoms with Gasteiger partial charge in [-0.2, -0.15) is 0 Å². The first kappa shape index (κ1) is 35.0. The molecule has 4 heterocycles. The van der Waals surface area contributed by atoms with E-state index >= 15 is 0 Å². The third kappa shape index (κ3) is 5.36. The van der Waals surface area contributed by atoms with Gasteiger partial charge in [0, 0.05) is 54.8 Å². The van der Waals surface area contributed by atoms with Crippen molar-refractivity contribution in [2.24, 2.45) is 0 Å². The van der Waals surface area contributed by atoms with E-state index in [-0.39, 0.29) is 0 Å². The third-order valence-electron chi connectivity index (χ3n) is 13.2. The monoisotopic (exact) mass is 817 g/mol. The first-order valence-electron chi connectivity index (χ1n) is 21.7. The molecule has 4 aromatic heterocycles. The summed E-state index contributed by atoms with van der Waals surface area (Å²) in [5.41, 5.74) is 17.9. The molecule has 14 rings (SSSR count). The maximum atomic E-state index is 6.67. The SMILES string of the molecule is c1ccc(-c2ccc3oc4ccc(-c5ccc6oc7cc8c(cc7c6c5)c5cc(-c6ccc7oc9ccc(-c%10ccccc%10)cc9c7c6)ccc5n8-c5ccccc5)cc4c3c2)cc1. The molecule has 4 heteroatoms. The molecule has 0 unspecified atom stereocenters. The van der Waals surface area contributed by atoms with E-state index in [9.17, 15) is 0 Å². The normalized spacial score (nSPS) is 12.1. The van der Waals surface area contributed by atoms with Crippen LogP contribution in [0.15, 0.2) is 226 Å². The zero-order valence-corrected chi connectivity index (χ0v) is 34.4. The molecule has 0 spiro atoms. The minimum Gasteiger partial charge on any atom is -0.456 e. The minimum atomic E-state index is 0.858. The zero-order chi connectivity index (χ0) is 41.9. The lowest BCUT2D eigenvalue weighted by Gasteiger charge is -2.08. The highest BCUT2D eigenvalue weighted by molar-refractivity contribution is 6.19. The van der Waals surface area contributed by atoms with Gasteiger partial charge in [0.1, 0.15) is 33.5 Å². The van der Waals surface area contributed by atoms with E-state index in [4.69, 9.17) is 13.3 Å². The minimum absolute atomic E-state index is 0.858. The Balaban J connectivity index is 0.926. The van der Waals surface area contributed by atoms with Gasteiger partial charge >= 0.3 is 0 Å². The Bertz CT molecular complexity index is 4170. The van der Waals surface area contributed by atoms with Gasteiger partial charge in [-0.3, -0.25) is 0 Å². The molecule has 4 nitrogen and oxygen atoms in total. The second-order valence-corrected chi connectivity index (χ2v) is 16.9. The van der Waals surface area contributed by atoms with Crippen LogP contribution in [0.4, 0.5) is 0 Å². The van der Waals surface area contributed by atoms with Crippen molar-refractivity contribution in [2.45, 2.75) is 0 Å². The first-order valence-corrected chi connectivity index (χ1v) is 21.7. The summed E-state index contributed by atoms with van der Waals surface area (Å²) in [4.78, 5) is 0. The van der Waals surface area contributed by atoms with Crippen LogP contribution < -0.4 is 0 Å². The van der Waals surface area contributed by atoms with Crippen LogP contribution in [0.5, 0.6) is 0 Å². The highest BCUT2D eigenvalue weighted by atomic mass is 16.3. The third-order valence-corrected chi connectivity index (χ3v) is 13.2. The fourth-order valence-electron chi connectivity index (χ4n) is 10.0. The number of fused-ring (bicyclic) bond motifs is 12. The zero-order valence-electron chi connectivity index (χ0n) is 34.4. The van der Waals surface area contributed by atoms with Gasteiger partial charge in [0.25, 0.3) is 0 Å². The summed E-state index contributed by atoms with van der Waals surface area (Å²) in [6.07, 6.45) is 0. The van der Waals surface area contributed by atoms with Gasteiger partial charge in [0.05, 0.1) is 11.0 Å². The van der Waals surface area contributed by atoms with E-state index in [1.165, 1.54) is 33.0 Å². The Kier molecular flexibility index (Phi) is 7.36. The predicted octanol–water partition coefficient (Wildman–Crippen LogP) is 17.1. The quantitative estimate of drug-likeness (QED) is 0.174. The number of rotatable bonds is 5. The molecule has 0 bridgehead atoms. The second kappa shape index (κ2) is 13.4. The van der Waals surface area contributed by atoms with Gasteiger partial charge in [-0.05, 0) is 136 Å². The molecular weight excluding hydrogens is 783 g/mol. The van der Waals surface area contributed by atoms with Crippen molar-refractivity contribution in [2.75, 3.05) is 0 Å². The van der Waals surface area contributed by atoms with Crippen LogP contribution in [-0.4, -0.2) is 4.57 Å². The lowest BCUT2D eigenvalue weighted by atomic mass is 9.98. The molecule has 0 radical (unpaired) electrons. The molecule has 0 fully saturated rings. The molecular formula is C60H35NO3. The largest absolute Gasteiger partial charge is 0.456 e. The Hall–Kier alpha value is -8.60. The molecule has 0 aliphatic heterocycles. The van der Waals surface area contributed by atoms with E-state index in [2.05, 4.69) is 217 Å². The van der Waals surface area contributed by atoms with Crippen LogP contribution >= 0.6 is 0 Å². The van der Waals surface area contributed by atoms with Gasteiger partial charge in [0.15, 0.2) is 0 Å². The van der Waals surface area contributed by atoms with Crippen LogP contribution in [-0.2, 0) is 0 Å². The molecule has 0 saturated heterocycles. The molecule has 0 saturated carbocycles. The van der Waals surface area contributed by atoms with Crippen LogP contribution in [0, 0.1) is 0 Å². The van der Waals surface area contributed by atoms with Crippen LogP contribution in [0.25, 0.3) is 138 Å². The maximum Gasteiger partial charge on any atom is 0.137 e. The van der Waals surface area contributed by atoms with Crippen LogP contribution in [0.3, 0.4) is 0 Å². The number of benzene rings is 10. The van der Waals surface area contributed by atoms with Crippen molar-refractivity contribution >= 4 is 87.6 Å². The van der Waals surface area contributed by atoms with Gasteiger partial charge in [-0.15, -0.1) is 0 Å². The van der Waals surface area contributed by atoms with E-state index in [1.54, 1.807) is 0 Å². The van der Waals surface area contributed by atoms with Gasteiger partial charge in [-0.25, -0.2) is 0 Å². The Morgan fingerprint density at radius 1 is 0.219 bits per heavy atom. The van der Waals surface area contributed by atoms with Crippen molar-refractivity contribution < 1.29 is 13.3 Å². The van der Waals surface area contributed by atoms with Gasteiger partial charge < -0.3 is 17.8 Å². The van der Waals surface area contributed by atoms with Gasteiger partial charge in [-0.1, -0.05) is 115 Å². The topological polar surface area (TPSA) is 44.4 Å². The highest BCUT2D eigenvalue weighted by Crippen LogP contribution is 2.43. The molecule has 64 heavy (non-hydrogen) atoms. The summed E-state index contributed by atoms with van der Waals surface area (Å²) in [7, 11) is 0. The van der Waals surface area contributed by atoms with Gasteiger partial charge in [0.2, 0.25) is 0 Å². The first-order chi connectivity index (χ1) is 31.7. The lowest BCUT2D eigenvalue weighted by Crippen LogP contribution is -1.93. The number of hydrogen-bond donors (Lipinski definition) is 0. The molecule has 0 atom stereocenters. The van der Waals surface area contributed by atoms with Crippen molar-refractivity contribution in [3.63, 3.8) is 0 Å². The highest BCUT2D eigenvalue weighted by Gasteiger charge is 2.19. The predicted molar refractivity (Wildman–Crippen MR) is 264 cm³/mol. The van der Waals surface area contributed by atoms with Crippen LogP contribution in [0.1, 0.15) is 0 Å². The lowest BCUT2D eigenvalue weighted by molar-refractivity contribution is 0.668. The Labute approximate surface area is 366 Å². The summed E-state index contributed by atoms with van der Waals surface area (Å²) in [5.74, 6) is 0. The molecule has 0 aliphatic carbocycles. The van der Waals surface area contributed by atoms with E-state index in [0.717, 1.165) is 105 Å². The summed E-state index contributed by atoms with van der Waals surface area (Å²) in [6.45, 7) is 0. The molecule has 10 aromatic carbocycles. The second-order valence-electron chi connectivity index (χ2n) is 16.9. The average molecular weight is 818 g/mol. The Morgan fingerprint density at radius 3 is 0.984 bits per heavy atom. The van der Waals surface area contributed by atoms with Crippen molar-refractivity contribution in [1.82, 2.24) is 4.57 Å². The molecule has 0 amide bonds. The Morgan fingerprint density at radius 2 is 0.547 bits per heavy atom. The number of aromatic nitrogens is 1. The maximum absolute atomic E-state index is 6.67. The molecule has 14 aromatic rings. The summed E-state index contributed by atoms with van der Waals surface area (Å²) in [5, 5.41) is 8.96. The van der Waals surface area contributed by atoms with E-state index < -0.39 is 0 Å². The van der Waals surface area contributed by atoms with Crippen LogP contribution in [0.2, 0.25) is 0 Å². The van der Waals surface area contributed by atoms with E-state index in [0.29, 0.717) is 0 Å². The van der Waals surface area contributed by atoms with E-state index in [1.807, 2.05) is 0 Å². The standard InChI is InChI=1S/C60H35NO3/c1-4-10-36(11-5-1)38-17-23-55-47(29-38)49-31-41(19-25-57(49)62-55)40-16-22-53-45(28-40)46-34-52-51-33-43(21-27-59(51)64-60(52)35-54(46)61(53)44-14-8-3-9-15-44)42-20-26-58-50(32-42)48-30-39(18-24-56(48)63-58)37-12-6-2-7-13-37/h1-35H. The molecule has 298 valence electrons. The average Bonchev–Trinajstić information content (AvgIpc) is 4.11. The van der Waals surface area contributed by atoms with Crippen molar-refractivity contribution in [1.29, 1.82) is 0 Å². The molecule has 0 N–H and O–H groups in total. The van der Waals surface area contributed by atoms with Crippen molar-refractivity contribution in [3.8, 4) is 50.2 Å². The fraction of sp³-hybridized carbons (Fsp3) is 0. The molecule has 0 aliphatic rings. The number of nitrogens with zero attached hydrogens (tertiary/aromatic N) is 1. The van der Waals surface area contributed by atoms with Crippen molar-refractivity contribution in [3.05, 3.63) is 212 Å². The summed E-state index contributed by atoms with van der Waals surface area (Å²) in [6, 6.07) is 75.6. The number of para-hydroxylation sites is 1. The summed E-state index contributed by atoms with van der Waals surface area (Å²) >= 11 is 0.